The van der Waals surface area contributed by atoms with Crippen molar-refractivity contribution in [2.75, 3.05) is 11.9 Å². The molecule has 1 aliphatic carbocycles. The molecule has 114 valence electrons. The van der Waals surface area contributed by atoms with Crippen molar-refractivity contribution >= 4 is 11.6 Å². The maximum atomic E-state index is 11.8. The summed E-state index contributed by atoms with van der Waals surface area (Å²) in [4.78, 5) is 11.8. The van der Waals surface area contributed by atoms with Crippen LogP contribution < -0.4 is 10.6 Å². The molecule has 1 fully saturated rings. The fourth-order valence-corrected chi connectivity index (χ4v) is 2.98. The van der Waals surface area contributed by atoms with Crippen molar-refractivity contribution in [2.45, 2.75) is 39.2 Å². The maximum absolute atomic E-state index is 11.8. The molecule has 1 aliphatic rings. The molecule has 3 atom stereocenters. The monoisotopic (exact) mass is 286 g/mol. The summed E-state index contributed by atoms with van der Waals surface area (Å²) in [5.74, 6) is 1.41. The number of nitrogens with one attached hydrogen (secondary N) is 2. The van der Waals surface area contributed by atoms with E-state index >= 15 is 0 Å². The molecule has 0 aromatic heterocycles. The zero-order chi connectivity index (χ0) is 15.2. The van der Waals surface area contributed by atoms with Gasteiger partial charge in [0, 0.05) is 23.8 Å². The SMILES string of the molecule is C=CCNC(=O)c1ccc(NC2CCCC(C)C2C)cc1. The molecule has 3 nitrogen and oxygen atoms in total. The molecule has 21 heavy (non-hydrogen) atoms. The summed E-state index contributed by atoms with van der Waals surface area (Å²) in [7, 11) is 0. The minimum absolute atomic E-state index is 0.0545. The van der Waals surface area contributed by atoms with Crippen LogP contribution in [0.1, 0.15) is 43.5 Å². The van der Waals surface area contributed by atoms with Crippen LogP contribution in [0.2, 0.25) is 0 Å². The highest BCUT2D eigenvalue weighted by Crippen LogP contribution is 2.31. The summed E-state index contributed by atoms with van der Waals surface area (Å²) >= 11 is 0. The van der Waals surface area contributed by atoms with E-state index in [4.69, 9.17) is 0 Å². The smallest absolute Gasteiger partial charge is 0.251 e. The van der Waals surface area contributed by atoms with Gasteiger partial charge in [-0.3, -0.25) is 4.79 Å². The van der Waals surface area contributed by atoms with E-state index in [-0.39, 0.29) is 5.91 Å². The van der Waals surface area contributed by atoms with Crippen LogP contribution >= 0.6 is 0 Å². The quantitative estimate of drug-likeness (QED) is 0.807. The molecule has 2 N–H and O–H groups in total. The van der Waals surface area contributed by atoms with E-state index in [9.17, 15) is 4.79 Å². The van der Waals surface area contributed by atoms with E-state index in [2.05, 4.69) is 31.1 Å². The van der Waals surface area contributed by atoms with E-state index in [1.807, 2.05) is 24.3 Å². The van der Waals surface area contributed by atoms with Crippen molar-refractivity contribution in [3.8, 4) is 0 Å². The lowest BCUT2D eigenvalue weighted by atomic mass is 9.78. The van der Waals surface area contributed by atoms with E-state index in [0.717, 1.165) is 11.6 Å². The Hall–Kier alpha value is -1.77. The minimum atomic E-state index is -0.0545. The molecule has 0 radical (unpaired) electrons. The number of benzene rings is 1. The van der Waals surface area contributed by atoms with Crippen LogP contribution in [0.4, 0.5) is 5.69 Å². The number of carbonyl (C=O) groups is 1. The Balaban J connectivity index is 1.96. The average Bonchev–Trinajstić information content (AvgIpc) is 2.50. The van der Waals surface area contributed by atoms with Crippen molar-refractivity contribution in [1.82, 2.24) is 5.32 Å². The van der Waals surface area contributed by atoms with Gasteiger partial charge in [-0.05, 0) is 42.5 Å². The highest BCUT2D eigenvalue weighted by atomic mass is 16.1. The molecule has 1 aromatic carbocycles. The van der Waals surface area contributed by atoms with E-state index in [1.54, 1.807) is 6.08 Å². The van der Waals surface area contributed by atoms with Gasteiger partial charge in [-0.2, -0.15) is 0 Å². The molecular weight excluding hydrogens is 260 g/mol. The lowest BCUT2D eigenvalue weighted by molar-refractivity contribution is 0.0958. The lowest BCUT2D eigenvalue weighted by Crippen LogP contribution is -2.35. The Morgan fingerprint density at radius 3 is 2.67 bits per heavy atom. The van der Waals surface area contributed by atoms with Crippen LogP contribution in [0.3, 0.4) is 0 Å². The van der Waals surface area contributed by atoms with Gasteiger partial charge in [-0.25, -0.2) is 0 Å². The molecule has 0 aliphatic heterocycles. The standard InChI is InChI=1S/C18H26N2O/c1-4-12-19-18(21)15-8-10-16(11-9-15)20-17-7-5-6-13(2)14(17)3/h4,8-11,13-14,17,20H,1,5-7,12H2,2-3H3,(H,19,21). The van der Waals surface area contributed by atoms with Crippen molar-refractivity contribution < 1.29 is 4.79 Å². The second-order valence-electron chi connectivity index (χ2n) is 6.09. The Bertz CT molecular complexity index is 480. The van der Waals surface area contributed by atoms with Crippen LogP contribution in [0.25, 0.3) is 0 Å². The van der Waals surface area contributed by atoms with Crippen molar-refractivity contribution in [3.63, 3.8) is 0 Å². The fraction of sp³-hybridized carbons (Fsp3) is 0.500. The van der Waals surface area contributed by atoms with Gasteiger partial charge in [-0.15, -0.1) is 6.58 Å². The summed E-state index contributed by atoms with van der Waals surface area (Å²) in [5, 5.41) is 6.41. The van der Waals surface area contributed by atoms with E-state index in [1.165, 1.54) is 19.3 Å². The molecule has 3 heteroatoms. The number of hydrogen-bond donors (Lipinski definition) is 2. The van der Waals surface area contributed by atoms with Gasteiger partial charge < -0.3 is 10.6 Å². The first-order chi connectivity index (χ1) is 10.1. The first kappa shape index (κ1) is 15.6. The predicted molar refractivity (Wildman–Crippen MR) is 88.6 cm³/mol. The number of hydrogen-bond acceptors (Lipinski definition) is 2. The van der Waals surface area contributed by atoms with Crippen molar-refractivity contribution in [3.05, 3.63) is 42.5 Å². The van der Waals surface area contributed by atoms with Gasteiger partial charge in [0.25, 0.3) is 5.91 Å². The highest BCUT2D eigenvalue weighted by Gasteiger charge is 2.26. The summed E-state index contributed by atoms with van der Waals surface area (Å²) in [5.41, 5.74) is 1.79. The molecule has 2 rings (SSSR count). The fourth-order valence-electron chi connectivity index (χ4n) is 2.98. The Kier molecular flexibility index (Phi) is 5.43. The van der Waals surface area contributed by atoms with Crippen molar-refractivity contribution in [2.24, 2.45) is 11.8 Å². The van der Waals surface area contributed by atoms with Crippen LogP contribution in [-0.4, -0.2) is 18.5 Å². The number of amides is 1. The molecule has 1 aromatic rings. The van der Waals surface area contributed by atoms with Gasteiger partial charge >= 0.3 is 0 Å². The molecule has 0 spiro atoms. The summed E-state index contributed by atoms with van der Waals surface area (Å²) < 4.78 is 0. The number of anilines is 1. The molecular formula is C18H26N2O. The van der Waals surface area contributed by atoms with Crippen molar-refractivity contribution in [1.29, 1.82) is 0 Å². The third-order valence-corrected chi connectivity index (χ3v) is 4.61. The molecule has 0 heterocycles. The Labute approximate surface area is 127 Å². The van der Waals surface area contributed by atoms with E-state index < -0.39 is 0 Å². The second kappa shape index (κ2) is 7.30. The molecule has 0 bridgehead atoms. The first-order valence-electron chi connectivity index (χ1n) is 7.87. The third kappa shape index (κ3) is 4.10. The highest BCUT2D eigenvalue weighted by molar-refractivity contribution is 5.94. The van der Waals surface area contributed by atoms with Gasteiger partial charge in [0.1, 0.15) is 0 Å². The lowest BCUT2D eigenvalue weighted by Gasteiger charge is -2.35. The Morgan fingerprint density at radius 2 is 2.00 bits per heavy atom. The molecule has 1 saturated carbocycles. The summed E-state index contributed by atoms with van der Waals surface area (Å²) in [6.45, 7) is 8.76. The zero-order valence-corrected chi connectivity index (χ0v) is 13.1. The average molecular weight is 286 g/mol. The van der Waals surface area contributed by atoms with Crippen LogP contribution in [-0.2, 0) is 0 Å². The normalized spacial score (nSPS) is 25.1. The van der Waals surface area contributed by atoms with Crippen LogP contribution in [0.5, 0.6) is 0 Å². The van der Waals surface area contributed by atoms with Crippen LogP contribution in [0, 0.1) is 11.8 Å². The topological polar surface area (TPSA) is 41.1 Å². The second-order valence-corrected chi connectivity index (χ2v) is 6.09. The molecule has 1 amide bonds. The Morgan fingerprint density at radius 1 is 1.29 bits per heavy atom. The number of rotatable bonds is 5. The van der Waals surface area contributed by atoms with Gasteiger partial charge in [-0.1, -0.05) is 32.8 Å². The van der Waals surface area contributed by atoms with E-state index in [0.29, 0.717) is 24.1 Å². The van der Waals surface area contributed by atoms with Gasteiger partial charge in [0.05, 0.1) is 0 Å². The first-order valence-corrected chi connectivity index (χ1v) is 7.87. The van der Waals surface area contributed by atoms with Gasteiger partial charge in [0.2, 0.25) is 0 Å². The summed E-state index contributed by atoms with van der Waals surface area (Å²) in [6, 6.07) is 8.27. The summed E-state index contributed by atoms with van der Waals surface area (Å²) in [6.07, 6.45) is 5.54. The third-order valence-electron chi connectivity index (χ3n) is 4.61. The molecule has 0 saturated heterocycles. The minimum Gasteiger partial charge on any atom is -0.382 e. The van der Waals surface area contributed by atoms with Crippen LogP contribution in [0.15, 0.2) is 36.9 Å². The zero-order valence-electron chi connectivity index (χ0n) is 13.1. The van der Waals surface area contributed by atoms with Gasteiger partial charge in [0.15, 0.2) is 0 Å². The largest absolute Gasteiger partial charge is 0.382 e. The maximum Gasteiger partial charge on any atom is 0.251 e. The molecule has 3 unspecified atom stereocenters. The number of carbonyl (C=O) groups excluding carboxylic acids is 1. The predicted octanol–water partition coefficient (Wildman–Crippen LogP) is 3.84.